The highest BCUT2D eigenvalue weighted by atomic mass is 32.1. The van der Waals surface area contributed by atoms with Gasteiger partial charge in [-0.2, -0.15) is 0 Å². The zero-order valence-electron chi connectivity index (χ0n) is 14.0. The second kappa shape index (κ2) is 6.97. The molecule has 0 saturated heterocycles. The zero-order chi connectivity index (χ0) is 17.9. The standard InChI is InChI=1S/C19H16N4O2S/c1-25-15-6-2-5-14(8-15)17-12-23-11-16(22-19(23)26-17)18(24)21-10-13-4-3-7-20-9-13/h2-9,11-12H,10H2,1H3,(H,21,24). The summed E-state index contributed by atoms with van der Waals surface area (Å²) < 4.78 is 7.14. The van der Waals surface area contributed by atoms with Crippen LogP contribution in [0, 0.1) is 0 Å². The van der Waals surface area contributed by atoms with E-state index in [1.165, 1.54) is 11.3 Å². The van der Waals surface area contributed by atoms with Gasteiger partial charge in [-0.05, 0) is 29.3 Å². The minimum absolute atomic E-state index is 0.201. The third-order valence-electron chi connectivity index (χ3n) is 3.92. The molecule has 6 nitrogen and oxygen atoms in total. The minimum atomic E-state index is -0.201. The van der Waals surface area contributed by atoms with E-state index >= 15 is 0 Å². The Balaban J connectivity index is 1.51. The number of hydrogen-bond donors (Lipinski definition) is 1. The number of nitrogens with zero attached hydrogens (tertiary/aromatic N) is 3. The molecule has 0 bridgehead atoms. The van der Waals surface area contributed by atoms with Crippen LogP contribution in [0.2, 0.25) is 0 Å². The van der Waals surface area contributed by atoms with Crippen LogP contribution in [0.3, 0.4) is 0 Å². The van der Waals surface area contributed by atoms with Crippen LogP contribution in [-0.2, 0) is 6.54 Å². The Morgan fingerprint density at radius 1 is 1.27 bits per heavy atom. The first-order chi connectivity index (χ1) is 12.7. The number of methoxy groups -OCH3 is 1. The highest BCUT2D eigenvalue weighted by molar-refractivity contribution is 7.20. The van der Waals surface area contributed by atoms with Crippen molar-refractivity contribution in [3.8, 4) is 16.2 Å². The number of imidazole rings is 1. The third-order valence-corrected chi connectivity index (χ3v) is 4.96. The normalized spacial score (nSPS) is 10.8. The lowest BCUT2D eigenvalue weighted by Gasteiger charge is -2.02. The van der Waals surface area contributed by atoms with Crippen LogP contribution < -0.4 is 10.1 Å². The van der Waals surface area contributed by atoms with Gasteiger partial charge < -0.3 is 10.1 Å². The number of carbonyl (C=O) groups is 1. The van der Waals surface area contributed by atoms with Crippen molar-refractivity contribution in [1.82, 2.24) is 19.7 Å². The molecule has 1 amide bonds. The quantitative estimate of drug-likeness (QED) is 0.589. The molecule has 0 aliphatic heterocycles. The fraction of sp³-hybridized carbons (Fsp3) is 0.105. The summed E-state index contributed by atoms with van der Waals surface area (Å²) in [6.07, 6.45) is 7.15. The molecule has 0 fully saturated rings. The number of carbonyl (C=O) groups excluding carboxylic acids is 1. The molecule has 3 heterocycles. The maximum Gasteiger partial charge on any atom is 0.271 e. The van der Waals surface area contributed by atoms with E-state index in [2.05, 4.69) is 15.3 Å². The number of benzene rings is 1. The lowest BCUT2D eigenvalue weighted by Crippen LogP contribution is -2.23. The Labute approximate surface area is 154 Å². The second-order valence-electron chi connectivity index (χ2n) is 5.69. The predicted octanol–water partition coefficient (Wildman–Crippen LogP) is 3.40. The number of rotatable bonds is 5. The van der Waals surface area contributed by atoms with Crippen LogP contribution in [0.4, 0.5) is 0 Å². The number of nitrogens with one attached hydrogen (secondary N) is 1. The van der Waals surface area contributed by atoms with Gasteiger partial charge in [-0.25, -0.2) is 4.98 Å². The van der Waals surface area contributed by atoms with E-state index in [-0.39, 0.29) is 5.91 Å². The maximum absolute atomic E-state index is 12.3. The van der Waals surface area contributed by atoms with Crippen molar-refractivity contribution < 1.29 is 9.53 Å². The molecule has 1 aromatic carbocycles. The van der Waals surface area contributed by atoms with Crippen LogP contribution in [-0.4, -0.2) is 27.4 Å². The van der Waals surface area contributed by atoms with Gasteiger partial charge in [0, 0.05) is 31.3 Å². The first-order valence-corrected chi connectivity index (χ1v) is 8.84. The van der Waals surface area contributed by atoms with E-state index in [0.29, 0.717) is 12.2 Å². The SMILES string of the molecule is COc1cccc(-c2cn3cc(C(=O)NCc4cccnc4)nc3s2)c1. The highest BCUT2D eigenvalue weighted by Gasteiger charge is 2.13. The average molecular weight is 364 g/mol. The molecular weight excluding hydrogens is 348 g/mol. The van der Waals surface area contributed by atoms with Gasteiger partial charge in [0.25, 0.3) is 5.91 Å². The van der Waals surface area contributed by atoms with Crippen molar-refractivity contribution in [3.05, 3.63) is 72.4 Å². The fourth-order valence-corrected chi connectivity index (χ4v) is 3.55. The minimum Gasteiger partial charge on any atom is -0.497 e. The molecule has 4 aromatic rings. The van der Waals surface area contributed by atoms with Gasteiger partial charge in [0.15, 0.2) is 4.96 Å². The van der Waals surface area contributed by atoms with Crippen molar-refractivity contribution in [1.29, 1.82) is 0 Å². The number of hydrogen-bond acceptors (Lipinski definition) is 5. The lowest BCUT2D eigenvalue weighted by molar-refractivity contribution is 0.0946. The van der Waals surface area contributed by atoms with Crippen molar-refractivity contribution in [2.24, 2.45) is 0 Å². The summed E-state index contributed by atoms with van der Waals surface area (Å²) >= 11 is 1.53. The van der Waals surface area contributed by atoms with Crippen LogP contribution in [0.1, 0.15) is 16.1 Å². The van der Waals surface area contributed by atoms with E-state index in [9.17, 15) is 4.79 Å². The first kappa shape index (κ1) is 16.3. The molecule has 7 heteroatoms. The van der Waals surface area contributed by atoms with Gasteiger partial charge >= 0.3 is 0 Å². The van der Waals surface area contributed by atoms with Gasteiger partial charge in [0.05, 0.1) is 12.0 Å². The number of amides is 1. The Hall–Kier alpha value is -3.19. The van der Waals surface area contributed by atoms with Crippen LogP contribution >= 0.6 is 11.3 Å². The Morgan fingerprint density at radius 3 is 2.96 bits per heavy atom. The Morgan fingerprint density at radius 2 is 2.19 bits per heavy atom. The summed E-state index contributed by atoms with van der Waals surface area (Å²) in [5.41, 5.74) is 2.40. The number of pyridine rings is 1. The van der Waals surface area contributed by atoms with Gasteiger partial charge in [-0.1, -0.05) is 29.5 Å². The van der Waals surface area contributed by atoms with Gasteiger partial charge in [0.1, 0.15) is 11.4 Å². The fourth-order valence-electron chi connectivity index (χ4n) is 2.59. The second-order valence-corrected chi connectivity index (χ2v) is 6.70. The molecule has 0 unspecified atom stereocenters. The van der Waals surface area contributed by atoms with Crippen molar-refractivity contribution in [2.45, 2.75) is 6.54 Å². The molecule has 4 rings (SSSR count). The summed E-state index contributed by atoms with van der Waals surface area (Å²) in [5.74, 6) is 0.608. The molecule has 0 atom stereocenters. The summed E-state index contributed by atoms with van der Waals surface area (Å²) in [7, 11) is 1.65. The van der Waals surface area contributed by atoms with Crippen LogP contribution in [0.5, 0.6) is 5.75 Å². The third kappa shape index (κ3) is 3.29. The summed E-state index contributed by atoms with van der Waals surface area (Å²) in [6.45, 7) is 0.424. The average Bonchev–Trinajstić information content (AvgIpc) is 3.26. The van der Waals surface area contributed by atoms with E-state index in [1.54, 1.807) is 25.7 Å². The molecular formula is C19H16N4O2S. The van der Waals surface area contributed by atoms with Crippen molar-refractivity contribution in [2.75, 3.05) is 7.11 Å². The molecule has 0 spiro atoms. The molecule has 0 aliphatic rings. The zero-order valence-corrected chi connectivity index (χ0v) is 14.9. The number of aromatic nitrogens is 3. The number of thiazole rings is 1. The van der Waals surface area contributed by atoms with Gasteiger partial charge in [-0.15, -0.1) is 0 Å². The van der Waals surface area contributed by atoms with Crippen LogP contribution in [0.15, 0.2) is 61.2 Å². The van der Waals surface area contributed by atoms with Gasteiger partial charge in [-0.3, -0.25) is 14.2 Å². The molecule has 0 radical (unpaired) electrons. The molecule has 130 valence electrons. The largest absolute Gasteiger partial charge is 0.497 e. The molecule has 3 aromatic heterocycles. The Bertz CT molecular complexity index is 1020. The van der Waals surface area contributed by atoms with E-state index in [0.717, 1.165) is 26.7 Å². The number of fused-ring (bicyclic) bond motifs is 1. The number of ether oxygens (including phenoxy) is 1. The van der Waals surface area contributed by atoms with Gasteiger partial charge in [0.2, 0.25) is 0 Å². The van der Waals surface area contributed by atoms with Crippen molar-refractivity contribution in [3.63, 3.8) is 0 Å². The summed E-state index contributed by atoms with van der Waals surface area (Å²) in [4.78, 5) is 22.6. The molecule has 26 heavy (non-hydrogen) atoms. The highest BCUT2D eigenvalue weighted by Crippen LogP contribution is 2.30. The predicted molar refractivity (Wildman–Crippen MR) is 100 cm³/mol. The van der Waals surface area contributed by atoms with E-state index in [4.69, 9.17) is 4.74 Å². The molecule has 1 N–H and O–H groups in total. The summed E-state index contributed by atoms with van der Waals surface area (Å²) in [6, 6.07) is 11.6. The maximum atomic E-state index is 12.3. The molecule has 0 saturated carbocycles. The van der Waals surface area contributed by atoms with E-state index in [1.807, 2.05) is 47.0 Å². The van der Waals surface area contributed by atoms with Crippen molar-refractivity contribution >= 4 is 22.2 Å². The monoisotopic (exact) mass is 364 g/mol. The molecule has 0 aliphatic carbocycles. The lowest BCUT2D eigenvalue weighted by atomic mass is 10.2. The summed E-state index contributed by atoms with van der Waals surface area (Å²) in [5, 5.41) is 2.86. The Kier molecular flexibility index (Phi) is 4.37. The smallest absolute Gasteiger partial charge is 0.271 e. The van der Waals surface area contributed by atoms with Crippen LogP contribution in [0.25, 0.3) is 15.4 Å². The first-order valence-electron chi connectivity index (χ1n) is 8.03. The van der Waals surface area contributed by atoms with E-state index < -0.39 is 0 Å². The topological polar surface area (TPSA) is 68.5 Å².